The van der Waals surface area contributed by atoms with Crippen LogP contribution in [0.4, 0.5) is 4.79 Å². The van der Waals surface area contributed by atoms with Crippen molar-refractivity contribution in [3.63, 3.8) is 0 Å². The molecular formula is C23H26N2O16S3. The first-order chi connectivity index (χ1) is 20.4. The van der Waals surface area contributed by atoms with E-state index >= 15 is 0 Å². The molecule has 2 aliphatic rings. The number of rotatable bonds is 11. The molecule has 0 aromatic heterocycles. The quantitative estimate of drug-likeness (QED) is 0.197. The van der Waals surface area contributed by atoms with Crippen molar-refractivity contribution < 1.29 is 70.5 Å². The Morgan fingerprint density at radius 3 is 1.82 bits per heavy atom. The Bertz CT molecular complexity index is 1690. The molecule has 1 aliphatic carbocycles. The van der Waals surface area contributed by atoms with Crippen LogP contribution in [0.15, 0.2) is 48.5 Å². The average Bonchev–Trinajstić information content (AvgIpc) is 3.22. The molecule has 0 bridgehead atoms. The van der Waals surface area contributed by atoms with Crippen molar-refractivity contribution in [2.24, 2.45) is 5.92 Å². The molecule has 2 aromatic rings. The molecule has 18 nitrogen and oxygen atoms in total. The topological polar surface area (TPSA) is 267 Å². The van der Waals surface area contributed by atoms with Crippen molar-refractivity contribution in [3.8, 4) is 11.1 Å². The summed E-state index contributed by atoms with van der Waals surface area (Å²) in [4.78, 5) is 25.1. The van der Waals surface area contributed by atoms with Gasteiger partial charge in [-0.25, -0.2) is 17.3 Å². The summed E-state index contributed by atoms with van der Waals surface area (Å²) >= 11 is 0. The summed E-state index contributed by atoms with van der Waals surface area (Å²) in [5.74, 6) is -3.10. The molecule has 0 radical (unpaired) electrons. The summed E-state index contributed by atoms with van der Waals surface area (Å²) in [7, 11) is -16.1. The van der Waals surface area contributed by atoms with Gasteiger partial charge in [-0.3, -0.25) is 18.5 Å². The first kappa shape index (κ1) is 33.6. The van der Waals surface area contributed by atoms with Crippen LogP contribution in [0.5, 0.6) is 0 Å². The van der Waals surface area contributed by atoms with Gasteiger partial charge in [-0.15, -0.1) is 0 Å². The molecule has 2 amide bonds. The van der Waals surface area contributed by atoms with Crippen LogP contribution < -0.4 is 10.6 Å². The molecule has 5 N–H and O–H groups in total. The molecule has 0 spiro atoms. The third kappa shape index (κ3) is 8.68. The van der Waals surface area contributed by atoms with E-state index in [2.05, 4.69) is 17.9 Å². The van der Waals surface area contributed by atoms with E-state index in [0.29, 0.717) is 0 Å². The van der Waals surface area contributed by atoms with Gasteiger partial charge in [0.15, 0.2) is 18.6 Å². The minimum Gasteiger partial charge on any atom is -0.449 e. The molecule has 0 saturated carbocycles. The van der Waals surface area contributed by atoms with Gasteiger partial charge in [0, 0.05) is 11.8 Å². The van der Waals surface area contributed by atoms with Gasteiger partial charge < -0.3 is 20.1 Å². The summed E-state index contributed by atoms with van der Waals surface area (Å²) < 4.78 is 119. The van der Waals surface area contributed by atoms with Crippen molar-refractivity contribution in [3.05, 3.63) is 59.7 Å². The fourth-order valence-electron chi connectivity index (χ4n) is 4.86. The molecule has 242 valence electrons. The molecule has 44 heavy (non-hydrogen) atoms. The zero-order valence-corrected chi connectivity index (χ0v) is 24.8. The van der Waals surface area contributed by atoms with Gasteiger partial charge in [-0.05, 0) is 22.3 Å². The summed E-state index contributed by atoms with van der Waals surface area (Å²) in [6.07, 6.45) is -9.86. The lowest BCUT2D eigenvalue weighted by Gasteiger charge is -2.42. The van der Waals surface area contributed by atoms with Gasteiger partial charge >= 0.3 is 37.3 Å². The molecule has 1 saturated heterocycles. The van der Waals surface area contributed by atoms with E-state index in [-0.39, 0.29) is 12.5 Å². The highest BCUT2D eigenvalue weighted by Crippen LogP contribution is 2.44. The standard InChI is InChI=1S/C23H26N2O16S3/c1-12-19(39-42(28,29)30)20(40-43(31,32)33)21(38-22(12)41-44(34,35)36)25-18(26)10-24-23(27)37-11-17-15-8-4-2-6-13(15)14-7-3-5-9-16(14)17/h2-9,12,17,19-22H,10-11H2,1H3,(H,24,27)(H,25,26)(H,28,29,30)(H,31,32,33)(H,34,35,36)/t12?,19-,20?,21-,22?/m1/s1. The highest BCUT2D eigenvalue weighted by molar-refractivity contribution is 7.81. The number of benzene rings is 2. The van der Waals surface area contributed by atoms with E-state index in [1.165, 1.54) is 0 Å². The lowest BCUT2D eigenvalue weighted by molar-refractivity contribution is -0.246. The molecule has 1 heterocycles. The first-order valence-corrected chi connectivity index (χ1v) is 16.5. The van der Waals surface area contributed by atoms with E-state index < -0.39 is 80.4 Å². The molecule has 21 heteroatoms. The Morgan fingerprint density at radius 1 is 0.795 bits per heavy atom. The number of amides is 2. The smallest absolute Gasteiger partial charge is 0.407 e. The number of ether oxygens (including phenoxy) is 2. The second-order valence-electron chi connectivity index (χ2n) is 9.53. The number of carbonyl (C=O) groups is 2. The van der Waals surface area contributed by atoms with Crippen molar-refractivity contribution in [1.29, 1.82) is 0 Å². The lowest BCUT2D eigenvalue weighted by Crippen LogP contribution is -2.63. The molecule has 1 fully saturated rings. The fraction of sp³-hybridized carbons (Fsp3) is 0.391. The fourth-order valence-corrected chi connectivity index (χ4v) is 6.38. The molecule has 2 aromatic carbocycles. The number of carbonyl (C=O) groups excluding carboxylic acids is 2. The SMILES string of the molecule is CC1C(OS(=O)(=O)O)O[C@@H](NC(=O)CNC(=O)OCC2c3ccccc3-c3ccccc32)C(OS(=O)(=O)O)[C@@H]1OS(=O)(=O)O. The average molecular weight is 683 g/mol. The highest BCUT2D eigenvalue weighted by atomic mass is 32.3. The summed E-state index contributed by atoms with van der Waals surface area (Å²) in [5, 5.41) is 4.12. The highest BCUT2D eigenvalue weighted by Gasteiger charge is 2.51. The monoisotopic (exact) mass is 682 g/mol. The number of fused-ring (bicyclic) bond motifs is 3. The zero-order chi connectivity index (χ0) is 32.4. The van der Waals surface area contributed by atoms with Gasteiger partial charge in [-0.2, -0.15) is 25.3 Å². The van der Waals surface area contributed by atoms with Crippen LogP contribution in [0.3, 0.4) is 0 Å². The van der Waals surface area contributed by atoms with E-state index in [1.54, 1.807) is 0 Å². The normalized spacial score (nSPS) is 23.8. The Morgan fingerprint density at radius 2 is 1.30 bits per heavy atom. The summed E-state index contributed by atoms with van der Waals surface area (Å²) in [6, 6.07) is 15.1. The Labute approximate surface area is 251 Å². The Kier molecular flexibility index (Phi) is 9.94. The van der Waals surface area contributed by atoms with E-state index in [1.807, 2.05) is 53.8 Å². The minimum absolute atomic E-state index is 0.0985. The van der Waals surface area contributed by atoms with Crippen molar-refractivity contribution in [2.75, 3.05) is 13.2 Å². The predicted molar refractivity (Wildman–Crippen MR) is 145 cm³/mol. The van der Waals surface area contributed by atoms with Crippen LogP contribution >= 0.6 is 0 Å². The number of hydrogen-bond donors (Lipinski definition) is 5. The van der Waals surface area contributed by atoms with Crippen LogP contribution in [0.1, 0.15) is 24.0 Å². The Balaban J connectivity index is 1.43. The molecule has 4 rings (SSSR count). The molecule has 3 unspecified atom stereocenters. The van der Waals surface area contributed by atoms with E-state index in [9.17, 15) is 39.4 Å². The van der Waals surface area contributed by atoms with Crippen molar-refractivity contribution in [2.45, 2.75) is 37.6 Å². The maximum absolute atomic E-state index is 12.6. The van der Waals surface area contributed by atoms with Crippen LogP contribution in [0, 0.1) is 5.92 Å². The second kappa shape index (κ2) is 13.0. The van der Waals surface area contributed by atoms with Crippen LogP contribution in [-0.2, 0) is 58.0 Å². The van der Waals surface area contributed by atoms with Gasteiger partial charge in [0.25, 0.3) is 0 Å². The number of hydrogen-bond acceptors (Lipinski definition) is 13. The maximum atomic E-state index is 12.6. The third-order valence-corrected chi connectivity index (χ3v) is 7.94. The number of nitrogens with one attached hydrogen (secondary N) is 2. The number of alkyl carbamates (subject to hydrolysis) is 1. The minimum atomic E-state index is -5.43. The van der Waals surface area contributed by atoms with Crippen molar-refractivity contribution >= 4 is 43.2 Å². The van der Waals surface area contributed by atoms with Crippen molar-refractivity contribution in [1.82, 2.24) is 10.6 Å². The maximum Gasteiger partial charge on any atom is 0.407 e. The predicted octanol–water partition coefficient (Wildman–Crippen LogP) is 0.155. The Hall–Kier alpha value is -3.25. The second-order valence-corrected chi connectivity index (χ2v) is 12.7. The first-order valence-electron chi connectivity index (χ1n) is 12.4. The molecule has 5 atom stereocenters. The zero-order valence-electron chi connectivity index (χ0n) is 22.4. The molecular weight excluding hydrogens is 656 g/mol. The molecule has 1 aliphatic heterocycles. The lowest BCUT2D eigenvalue weighted by atomic mass is 9.95. The van der Waals surface area contributed by atoms with Gasteiger partial charge in [-0.1, -0.05) is 55.5 Å². The third-order valence-electron chi connectivity index (χ3n) is 6.57. The summed E-state index contributed by atoms with van der Waals surface area (Å²) in [5.41, 5.74) is 3.81. The van der Waals surface area contributed by atoms with Crippen LogP contribution in [0.25, 0.3) is 11.1 Å². The van der Waals surface area contributed by atoms with Gasteiger partial charge in [0.2, 0.25) is 5.91 Å². The van der Waals surface area contributed by atoms with Gasteiger partial charge in [0.05, 0.1) is 0 Å². The van der Waals surface area contributed by atoms with Crippen LogP contribution in [-0.4, -0.2) is 88.8 Å². The van der Waals surface area contributed by atoms with E-state index in [4.69, 9.17) is 18.6 Å². The largest absolute Gasteiger partial charge is 0.449 e. The van der Waals surface area contributed by atoms with E-state index in [0.717, 1.165) is 29.2 Å². The van der Waals surface area contributed by atoms with Crippen LogP contribution in [0.2, 0.25) is 0 Å². The summed E-state index contributed by atoms with van der Waals surface area (Å²) in [6.45, 7) is 0.0276. The van der Waals surface area contributed by atoms with Gasteiger partial charge in [0.1, 0.15) is 19.3 Å².